The van der Waals surface area contributed by atoms with Gasteiger partial charge in [-0.05, 0) is 0 Å². The first-order valence-corrected chi connectivity index (χ1v) is 2.48. The summed E-state index contributed by atoms with van der Waals surface area (Å²) in [6, 6.07) is 8.64. The maximum atomic E-state index is 10.1. The first-order valence-electron chi connectivity index (χ1n) is 2.48. The zero-order valence-electron chi connectivity index (χ0n) is 6.71. The maximum Gasteiger partial charge on any atom is 2.00 e. The molecule has 0 bridgehead atoms. The Balaban J connectivity index is -0.000000270. The van der Waals surface area contributed by atoms with Crippen LogP contribution in [0.25, 0.3) is 0 Å². The van der Waals surface area contributed by atoms with Crippen molar-refractivity contribution >= 4 is 5.97 Å². The summed E-state index contributed by atoms with van der Waals surface area (Å²) in [7, 11) is 0. The van der Waals surface area contributed by atoms with Gasteiger partial charge in [-0.15, -0.1) is 5.56 Å². The van der Waals surface area contributed by atoms with E-state index in [1.54, 1.807) is 0 Å². The molecule has 2 nitrogen and oxygen atoms in total. The van der Waals surface area contributed by atoms with Crippen molar-refractivity contribution in [2.75, 3.05) is 0 Å². The molecule has 0 saturated carbocycles. The molecule has 1 aromatic rings. The standard InChI is InChI=1S/C7H5O2.ClH.Hg.Na/c8-7(9)6-4-2-1-3-5-6;;;/h2-5H,(H,8,9);1H;;/q-1;;+2;+1/p-2. The number of carbonyl (C=O) groups is 1. The van der Waals surface area contributed by atoms with E-state index < -0.39 is 5.97 Å². The average Bonchev–Trinajstić information content (AvgIpc) is 1.90. The monoisotopic (exact) mass is 380 g/mol. The molecule has 0 unspecified atom stereocenters. The van der Waals surface area contributed by atoms with Crippen LogP contribution in [-0.2, 0) is 27.7 Å². The van der Waals surface area contributed by atoms with Crippen LogP contribution in [0.15, 0.2) is 24.3 Å². The van der Waals surface area contributed by atoms with Gasteiger partial charge in [-0.1, -0.05) is 0 Å². The first-order chi connectivity index (χ1) is 4.30. The van der Waals surface area contributed by atoms with E-state index in [4.69, 9.17) is 0 Å². The summed E-state index contributed by atoms with van der Waals surface area (Å²) in [5, 5.41) is 10.1. The van der Waals surface area contributed by atoms with Crippen LogP contribution >= 0.6 is 0 Å². The van der Waals surface area contributed by atoms with Gasteiger partial charge in [0.15, 0.2) is 0 Å². The molecule has 5 heteroatoms. The molecule has 0 spiro atoms. The topological polar surface area (TPSA) is 40.1 Å². The molecule has 0 atom stereocenters. The second-order valence-corrected chi connectivity index (χ2v) is 1.58. The van der Waals surface area contributed by atoms with Crippen molar-refractivity contribution in [2.45, 2.75) is 0 Å². The Morgan fingerprint density at radius 2 is 1.75 bits per heavy atom. The summed E-state index contributed by atoms with van der Waals surface area (Å²) in [6.07, 6.45) is 0. The predicted molar refractivity (Wildman–Crippen MR) is 29.6 cm³/mol. The Hall–Kier alpha value is 0.915. The van der Waals surface area contributed by atoms with E-state index in [2.05, 4.69) is 6.07 Å². The third-order valence-electron chi connectivity index (χ3n) is 0.954. The largest absolute Gasteiger partial charge is 2.00 e. The summed E-state index contributed by atoms with van der Waals surface area (Å²) >= 11 is 0. The fourth-order valence-corrected chi connectivity index (χ4v) is 0.523. The van der Waals surface area contributed by atoms with E-state index in [0.29, 0.717) is 0 Å². The molecule has 0 amide bonds. The minimum atomic E-state index is -1.15. The number of hydrogen-bond acceptors (Lipinski definition) is 2. The van der Waals surface area contributed by atoms with Gasteiger partial charge in [-0.25, -0.2) is 0 Å². The molecule has 0 radical (unpaired) electrons. The van der Waals surface area contributed by atoms with Crippen molar-refractivity contribution in [1.29, 1.82) is 0 Å². The smallest absolute Gasteiger partial charge is 1.00 e. The second kappa shape index (κ2) is 10.00. The van der Waals surface area contributed by atoms with Crippen LogP contribution in [0.1, 0.15) is 10.4 Å². The number of hydrogen-bond donors (Lipinski definition) is 0. The van der Waals surface area contributed by atoms with Gasteiger partial charge in [0.05, 0.1) is 0 Å². The Bertz CT molecular complexity index is 218. The van der Waals surface area contributed by atoms with Gasteiger partial charge >= 0.3 is 57.2 Å². The van der Waals surface area contributed by atoms with Gasteiger partial charge in [-0.2, -0.15) is 30.3 Å². The van der Waals surface area contributed by atoms with E-state index in [1.807, 2.05) is 0 Å². The number of aromatic carboxylic acids is 1. The normalized spacial score (nSPS) is 6.67. The molecule has 1 aromatic carbocycles. The molecular formula is C7H4ClHgNaO2. The minimum Gasteiger partial charge on any atom is -1.00 e. The third-order valence-corrected chi connectivity index (χ3v) is 0.954. The van der Waals surface area contributed by atoms with Gasteiger partial charge in [0.2, 0.25) is 0 Å². The van der Waals surface area contributed by atoms with Crippen molar-refractivity contribution in [3.8, 4) is 0 Å². The number of carboxylic acid groups (broad SMARTS) is 1. The Labute approximate surface area is 120 Å². The van der Waals surface area contributed by atoms with Crippen molar-refractivity contribution in [2.24, 2.45) is 0 Å². The van der Waals surface area contributed by atoms with Crippen molar-refractivity contribution in [3.63, 3.8) is 0 Å². The van der Waals surface area contributed by atoms with Crippen LogP contribution in [0.5, 0.6) is 0 Å². The van der Waals surface area contributed by atoms with Crippen LogP contribution in [-0.4, -0.2) is 5.97 Å². The molecule has 12 heavy (non-hydrogen) atoms. The van der Waals surface area contributed by atoms with Gasteiger partial charge < -0.3 is 22.3 Å². The Morgan fingerprint density at radius 1 is 1.33 bits per heavy atom. The van der Waals surface area contributed by atoms with Crippen LogP contribution in [0, 0.1) is 6.07 Å². The number of halogens is 1. The first kappa shape index (κ1) is 18.7. The van der Waals surface area contributed by atoms with Gasteiger partial charge in [0.1, 0.15) is 0 Å². The predicted octanol–water partition coefficient (Wildman–Crippen LogP) is -6.14. The zero-order valence-corrected chi connectivity index (χ0v) is 15.0. The van der Waals surface area contributed by atoms with Crippen LogP contribution in [0.2, 0.25) is 0 Å². The van der Waals surface area contributed by atoms with Gasteiger partial charge in [0.25, 0.3) is 0 Å². The molecular weight excluding hydrogens is 375 g/mol. The molecule has 0 N–H and O–H groups in total. The third kappa shape index (κ3) is 6.43. The van der Waals surface area contributed by atoms with E-state index in [9.17, 15) is 9.90 Å². The summed E-state index contributed by atoms with van der Waals surface area (Å²) in [6.45, 7) is 0. The minimum absolute atomic E-state index is 0. The quantitative estimate of drug-likeness (QED) is 0.360. The fraction of sp³-hybridized carbons (Fsp3) is 0. The molecule has 0 aromatic heterocycles. The molecule has 0 aliphatic carbocycles. The van der Waals surface area contributed by atoms with E-state index in [0.717, 1.165) is 0 Å². The second-order valence-electron chi connectivity index (χ2n) is 1.58. The van der Waals surface area contributed by atoms with E-state index in [1.165, 1.54) is 24.3 Å². The summed E-state index contributed by atoms with van der Waals surface area (Å²) in [5.74, 6) is -1.15. The average molecular weight is 379 g/mol. The zero-order chi connectivity index (χ0) is 6.69. The molecule has 54 valence electrons. The Morgan fingerprint density at radius 3 is 2.00 bits per heavy atom. The van der Waals surface area contributed by atoms with E-state index >= 15 is 0 Å². The van der Waals surface area contributed by atoms with Crippen LogP contribution < -0.4 is 47.1 Å². The number of carboxylic acids is 1. The summed E-state index contributed by atoms with van der Waals surface area (Å²) in [5.41, 5.74) is 0.189. The molecule has 0 aliphatic heterocycles. The number of benzene rings is 1. The van der Waals surface area contributed by atoms with Crippen LogP contribution in [0.4, 0.5) is 0 Å². The molecule has 0 fully saturated rings. The van der Waals surface area contributed by atoms with Crippen molar-refractivity contribution < 1.29 is 79.5 Å². The number of carbonyl (C=O) groups excluding carboxylic acids is 1. The SMILES string of the molecule is O=C([O-])c1cc[c-]cc1.[Cl-].[Hg+2].[Na+]. The van der Waals surface area contributed by atoms with Crippen molar-refractivity contribution in [3.05, 3.63) is 35.9 Å². The van der Waals surface area contributed by atoms with Crippen LogP contribution in [0.3, 0.4) is 0 Å². The molecule has 0 aliphatic rings. The van der Waals surface area contributed by atoms with E-state index in [-0.39, 0.29) is 75.2 Å². The maximum absolute atomic E-state index is 10.1. The molecule has 0 heterocycles. The number of rotatable bonds is 1. The fourth-order valence-electron chi connectivity index (χ4n) is 0.523. The molecule has 0 saturated heterocycles. The summed E-state index contributed by atoms with van der Waals surface area (Å²) in [4.78, 5) is 10.1. The van der Waals surface area contributed by atoms with Crippen molar-refractivity contribution in [1.82, 2.24) is 0 Å². The Kier molecular flexibility index (Phi) is 15.5. The molecule has 1 rings (SSSR count). The summed E-state index contributed by atoms with van der Waals surface area (Å²) < 4.78 is 0. The van der Waals surface area contributed by atoms with Gasteiger partial charge in [-0.3, -0.25) is 0 Å². The van der Waals surface area contributed by atoms with Gasteiger partial charge in [0, 0.05) is 5.97 Å².